The summed E-state index contributed by atoms with van der Waals surface area (Å²) in [6, 6.07) is 6.43. The van der Waals surface area contributed by atoms with Gasteiger partial charge in [0.15, 0.2) is 5.82 Å². The fraction of sp³-hybridized carbons (Fsp3) is 0.0769. The highest BCUT2D eigenvalue weighted by atomic mass is 35.5. The SMILES string of the molecule is COc1ccsc1-c1nc(Cl)c2cccc(F)c2n1. The molecule has 3 nitrogen and oxygen atoms in total. The Morgan fingerprint density at radius 2 is 2.11 bits per heavy atom. The van der Waals surface area contributed by atoms with Crippen molar-refractivity contribution >= 4 is 33.8 Å². The number of fused-ring (bicyclic) bond motifs is 1. The Morgan fingerprint density at radius 1 is 1.26 bits per heavy atom. The molecule has 0 radical (unpaired) electrons. The van der Waals surface area contributed by atoms with E-state index in [2.05, 4.69) is 9.97 Å². The second-order valence-electron chi connectivity index (χ2n) is 3.79. The molecule has 96 valence electrons. The molecular formula is C13H8ClFN2OS. The van der Waals surface area contributed by atoms with Gasteiger partial charge in [-0.2, -0.15) is 0 Å². The third-order valence-corrected chi connectivity index (χ3v) is 3.86. The number of halogens is 2. The number of hydrogen-bond acceptors (Lipinski definition) is 4. The summed E-state index contributed by atoms with van der Waals surface area (Å²) < 4.78 is 19.0. The van der Waals surface area contributed by atoms with Gasteiger partial charge in [0, 0.05) is 5.39 Å². The number of para-hydroxylation sites is 1. The molecule has 0 aliphatic rings. The molecule has 0 N–H and O–H groups in total. The van der Waals surface area contributed by atoms with E-state index in [0.29, 0.717) is 17.0 Å². The van der Waals surface area contributed by atoms with Gasteiger partial charge >= 0.3 is 0 Å². The van der Waals surface area contributed by atoms with Crippen LogP contribution in [0.25, 0.3) is 21.6 Å². The zero-order valence-electron chi connectivity index (χ0n) is 9.85. The first-order valence-corrected chi connectivity index (χ1v) is 6.70. The van der Waals surface area contributed by atoms with Gasteiger partial charge in [0.1, 0.15) is 27.1 Å². The third kappa shape index (κ3) is 2.05. The largest absolute Gasteiger partial charge is 0.495 e. The van der Waals surface area contributed by atoms with Gasteiger partial charge in [-0.05, 0) is 23.6 Å². The molecular weight excluding hydrogens is 287 g/mol. The molecule has 1 aromatic carbocycles. The number of methoxy groups -OCH3 is 1. The Bertz CT molecular complexity index is 759. The van der Waals surface area contributed by atoms with E-state index in [0.717, 1.165) is 4.88 Å². The molecule has 0 atom stereocenters. The summed E-state index contributed by atoms with van der Waals surface area (Å²) in [5.74, 6) is 0.602. The average molecular weight is 295 g/mol. The average Bonchev–Trinajstić information content (AvgIpc) is 2.88. The van der Waals surface area contributed by atoms with Gasteiger partial charge in [0.05, 0.1) is 7.11 Å². The second kappa shape index (κ2) is 4.75. The molecule has 0 saturated carbocycles. The van der Waals surface area contributed by atoms with E-state index in [1.807, 2.05) is 11.4 Å². The Labute approximate surface area is 117 Å². The third-order valence-electron chi connectivity index (χ3n) is 2.68. The van der Waals surface area contributed by atoms with Gasteiger partial charge in [0.25, 0.3) is 0 Å². The topological polar surface area (TPSA) is 35.0 Å². The van der Waals surface area contributed by atoms with Crippen LogP contribution in [-0.2, 0) is 0 Å². The lowest BCUT2D eigenvalue weighted by molar-refractivity contribution is 0.418. The van der Waals surface area contributed by atoms with Crippen molar-refractivity contribution in [1.29, 1.82) is 0 Å². The summed E-state index contributed by atoms with van der Waals surface area (Å²) in [4.78, 5) is 9.19. The van der Waals surface area contributed by atoms with Crippen LogP contribution >= 0.6 is 22.9 Å². The molecule has 2 aromatic heterocycles. The molecule has 3 rings (SSSR count). The molecule has 0 fully saturated rings. The highest BCUT2D eigenvalue weighted by molar-refractivity contribution is 7.13. The quantitative estimate of drug-likeness (QED) is 0.666. The van der Waals surface area contributed by atoms with Crippen LogP contribution in [0.1, 0.15) is 0 Å². The summed E-state index contributed by atoms with van der Waals surface area (Å²) in [7, 11) is 1.56. The standard InChI is InChI=1S/C13H8ClFN2OS/c1-18-9-5-6-19-11(9)13-16-10-7(12(14)17-13)3-2-4-8(10)15/h2-6H,1H3. The normalized spacial score (nSPS) is 10.9. The number of thiophene rings is 1. The van der Waals surface area contributed by atoms with Crippen LogP contribution in [0.3, 0.4) is 0 Å². The Hall–Kier alpha value is -1.72. The van der Waals surface area contributed by atoms with Crippen molar-refractivity contribution in [2.75, 3.05) is 7.11 Å². The Morgan fingerprint density at radius 3 is 2.89 bits per heavy atom. The molecule has 0 bridgehead atoms. The van der Waals surface area contributed by atoms with E-state index in [-0.39, 0.29) is 10.7 Å². The van der Waals surface area contributed by atoms with Gasteiger partial charge in [-0.3, -0.25) is 0 Å². The van der Waals surface area contributed by atoms with Gasteiger partial charge in [-0.15, -0.1) is 11.3 Å². The lowest BCUT2D eigenvalue weighted by atomic mass is 10.2. The van der Waals surface area contributed by atoms with Gasteiger partial charge in [0.2, 0.25) is 0 Å². The van der Waals surface area contributed by atoms with Crippen LogP contribution in [0.2, 0.25) is 5.15 Å². The van der Waals surface area contributed by atoms with E-state index >= 15 is 0 Å². The Kier molecular flexibility index (Phi) is 3.08. The summed E-state index contributed by atoms with van der Waals surface area (Å²) >= 11 is 7.51. The lowest BCUT2D eigenvalue weighted by Crippen LogP contribution is -1.94. The van der Waals surface area contributed by atoms with E-state index in [4.69, 9.17) is 16.3 Å². The molecule has 6 heteroatoms. The molecule has 3 aromatic rings. The smallest absolute Gasteiger partial charge is 0.175 e. The highest BCUT2D eigenvalue weighted by Gasteiger charge is 2.15. The van der Waals surface area contributed by atoms with Crippen molar-refractivity contribution in [2.45, 2.75) is 0 Å². The summed E-state index contributed by atoms with van der Waals surface area (Å²) in [5, 5.41) is 2.59. The fourth-order valence-corrected chi connectivity index (χ4v) is 2.83. The van der Waals surface area contributed by atoms with Crippen LogP contribution in [0, 0.1) is 5.82 Å². The minimum absolute atomic E-state index is 0.216. The molecule has 0 amide bonds. The van der Waals surface area contributed by atoms with Crippen molar-refractivity contribution in [3.05, 3.63) is 40.6 Å². The van der Waals surface area contributed by atoms with Crippen molar-refractivity contribution in [3.8, 4) is 16.5 Å². The van der Waals surface area contributed by atoms with Crippen LogP contribution in [-0.4, -0.2) is 17.1 Å². The van der Waals surface area contributed by atoms with E-state index in [1.54, 1.807) is 19.2 Å². The molecule has 0 aliphatic carbocycles. The fourth-order valence-electron chi connectivity index (χ4n) is 1.80. The zero-order valence-corrected chi connectivity index (χ0v) is 11.4. The molecule has 0 unspecified atom stereocenters. The predicted octanol–water partition coefficient (Wildman–Crippen LogP) is 4.16. The maximum absolute atomic E-state index is 13.8. The minimum atomic E-state index is -0.418. The number of nitrogens with zero attached hydrogens (tertiary/aromatic N) is 2. The number of benzene rings is 1. The van der Waals surface area contributed by atoms with Crippen molar-refractivity contribution in [2.24, 2.45) is 0 Å². The first-order chi connectivity index (χ1) is 9.20. The first kappa shape index (κ1) is 12.3. The first-order valence-electron chi connectivity index (χ1n) is 5.44. The maximum Gasteiger partial charge on any atom is 0.175 e. The van der Waals surface area contributed by atoms with Gasteiger partial charge < -0.3 is 4.74 Å². The van der Waals surface area contributed by atoms with Gasteiger partial charge in [-0.1, -0.05) is 17.7 Å². The molecule has 0 aliphatic heterocycles. The number of ether oxygens (including phenoxy) is 1. The van der Waals surface area contributed by atoms with Crippen molar-refractivity contribution in [3.63, 3.8) is 0 Å². The number of rotatable bonds is 2. The van der Waals surface area contributed by atoms with Crippen molar-refractivity contribution in [1.82, 2.24) is 9.97 Å². The summed E-state index contributed by atoms with van der Waals surface area (Å²) in [5.41, 5.74) is 0.216. The zero-order chi connectivity index (χ0) is 13.4. The summed E-state index contributed by atoms with van der Waals surface area (Å²) in [6.45, 7) is 0. The minimum Gasteiger partial charge on any atom is -0.495 e. The molecule has 0 spiro atoms. The van der Waals surface area contributed by atoms with E-state index < -0.39 is 5.82 Å². The van der Waals surface area contributed by atoms with Crippen LogP contribution < -0.4 is 4.74 Å². The lowest BCUT2D eigenvalue weighted by Gasteiger charge is -2.05. The van der Waals surface area contributed by atoms with Crippen molar-refractivity contribution < 1.29 is 9.13 Å². The number of aromatic nitrogens is 2. The second-order valence-corrected chi connectivity index (χ2v) is 5.07. The molecule has 0 saturated heterocycles. The van der Waals surface area contributed by atoms with Gasteiger partial charge in [-0.25, -0.2) is 14.4 Å². The Balaban J connectivity index is 2.29. The molecule has 2 heterocycles. The van der Waals surface area contributed by atoms with Crippen LogP contribution in [0.5, 0.6) is 5.75 Å². The van der Waals surface area contributed by atoms with Crippen LogP contribution in [0.4, 0.5) is 4.39 Å². The predicted molar refractivity (Wildman–Crippen MR) is 74.4 cm³/mol. The molecule has 19 heavy (non-hydrogen) atoms. The van der Waals surface area contributed by atoms with Crippen LogP contribution in [0.15, 0.2) is 29.6 Å². The number of hydrogen-bond donors (Lipinski definition) is 0. The van der Waals surface area contributed by atoms with E-state index in [1.165, 1.54) is 17.4 Å². The monoisotopic (exact) mass is 294 g/mol. The van der Waals surface area contributed by atoms with E-state index in [9.17, 15) is 4.39 Å². The highest BCUT2D eigenvalue weighted by Crippen LogP contribution is 2.35. The summed E-state index contributed by atoms with van der Waals surface area (Å²) in [6.07, 6.45) is 0. The maximum atomic E-state index is 13.8.